The molecule has 2 aliphatic rings. The van der Waals surface area contributed by atoms with Crippen LogP contribution in [0.2, 0.25) is 0 Å². The van der Waals surface area contributed by atoms with Gasteiger partial charge in [0, 0.05) is 24.3 Å². The van der Waals surface area contributed by atoms with Gasteiger partial charge in [-0.05, 0) is 52.1 Å². The molecule has 22 heavy (non-hydrogen) atoms. The maximum Gasteiger partial charge on any atom is 0.494 e. The number of hydrogen-bond donors (Lipinski definition) is 1. The van der Waals surface area contributed by atoms with E-state index >= 15 is 0 Å². The Labute approximate surface area is 133 Å². The van der Waals surface area contributed by atoms with Gasteiger partial charge in [0.25, 0.3) is 0 Å². The van der Waals surface area contributed by atoms with Crippen LogP contribution in [-0.4, -0.2) is 36.5 Å². The van der Waals surface area contributed by atoms with E-state index in [4.69, 9.17) is 9.31 Å². The summed E-state index contributed by atoms with van der Waals surface area (Å²) in [5, 5.41) is 9.74. The minimum absolute atomic E-state index is 0.0409. The lowest BCUT2D eigenvalue weighted by atomic mass is 9.78. The van der Waals surface area contributed by atoms with Crippen molar-refractivity contribution in [3.63, 3.8) is 0 Å². The third-order valence-corrected chi connectivity index (χ3v) is 5.25. The van der Waals surface area contributed by atoms with Crippen molar-refractivity contribution in [3.05, 3.63) is 23.8 Å². The summed E-state index contributed by atoms with van der Waals surface area (Å²) in [6, 6.07) is 6.18. The summed E-state index contributed by atoms with van der Waals surface area (Å²) >= 11 is 0. The molecule has 4 nitrogen and oxygen atoms in total. The van der Waals surface area contributed by atoms with Crippen LogP contribution in [0.3, 0.4) is 0 Å². The molecule has 2 aliphatic heterocycles. The second-order valence-electron chi connectivity index (χ2n) is 7.33. The fourth-order valence-corrected chi connectivity index (χ4v) is 3.12. The van der Waals surface area contributed by atoms with Crippen LogP contribution in [0.25, 0.3) is 0 Å². The van der Waals surface area contributed by atoms with Crippen LogP contribution in [0.15, 0.2) is 18.2 Å². The lowest BCUT2D eigenvalue weighted by Crippen LogP contribution is -2.41. The molecule has 0 atom stereocenters. The normalized spacial score (nSPS) is 23.3. The summed E-state index contributed by atoms with van der Waals surface area (Å²) < 4.78 is 12.2. The highest BCUT2D eigenvalue weighted by atomic mass is 16.7. The van der Waals surface area contributed by atoms with Crippen molar-refractivity contribution in [1.82, 2.24) is 0 Å². The summed E-state index contributed by atoms with van der Waals surface area (Å²) in [7, 11) is -0.372. The zero-order chi connectivity index (χ0) is 16.0. The molecular formula is C17H26BNO3. The Morgan fingerprint density at radius 3 is 2.23 bits per heavy atom. The number of benzene rings is 1. The third kappa shape index (κ3) is 2.66. The summed E-state index contributed by atoms with van der Waals surface area (Å²) in [6.07, 6.45) is 2.45. The van der Waals surface area contributed by atoms with Crippen molar-refractivity contribution in [1.29, 1.82) is 0 Å². The number of aliphatic hydroxyl groups excluding tert-OH is 1. The van der Waals surface area contributed by atoms with Crippen LogP contribution in [0.1, 0.15) is 46.1 Å². The molecule has 1 N–H and O–H groups in total. The van der Waals surface area contributed by atoms with Crippen LogP contribution < -0.4 is 10.4 Å². The van der Waals surface area contributed by atoms with Gasteiger partial charge in [-0.25, -0.2) is 0 Å². The van der Waals surface area contributed by atoms with Gasteiger partial charge in [-0.2, -0.15) is 0 Å². The second-order valence-corrected chi connectivity index (χ2v) is 7.33. The molecule has 5 heteroatoms. The van der Waals surface area contributed by atoms with Gasteiger partial charge >= 0.3 is 7.12 Å². The van der Waals surface area contributed by atoms with E-state index in [1.54, 1.807) is 0 Å². The molecule has 0 amide bonds. The highest BCUT2D eigenvalue weighted by Crippen LogP contribution is 2.36. The first kappa shape index (κ1) is 15.8. The largest absolute Gasteiger partial charge is 0.494 e. The van der Waals surface area contributed by atoms with Crippen LogP contribution in [0.5, 0.6) is 0 Å². The molecule has 1 aromatic rings. The number of nitrogens with zero attached hydrogens (tertiary/aromatic N) is 1. The number of aliphatic hydroxyl groups is 1. The van der Waals surface area contributed by atoms with Crippen molar-refractivity contribution in [2.24, 2.45) is 0 Å². The number of rotatable bonds is 3. The van der Waals surface area contributed by atoms with Crippen molar-refractivity contribution in [2.75, 3.05) is 18.0 Å². The summed E-state index contributed by atoms with van der Waals surface area (Å²) in [4.78, 5) is 2.35. The van der Waals surface area contributed by atoms with Gasteiger partial charge < -0.3 is 19.3 Å². The summed E-state index contributed by atoms with van der Waals surface area (Å²) in [5.41, 5.74) is 2.38. The quantitative estimate of drug-likeness (QED) is 0.868. The number of hydrogen-bond acceptors (Lipinski definition) is 4. The third-order valence-electron chi connectivity index (χ3n) is 5.25. The fraction of sp³-hybridized carbons (Fsp3) is 0.647. The molecule has 0 aliphatic carbocycles. The van der Waals surface area contributed by atoms with Crippen molar-refractivity contribution in [2.45, 2.75) is 58.3 Å². The number of anilines is 1. The van der Waals surface area contributed by atoms with Gasteiger partial charge in [0.2, 0.25) is 0 Å². The zero-order valence-electron chi connectivity index (χ0n) is 14.1. The van der Waals surface area contributed by atoms with Gasteiger partial charge in [-0.1, -0.05) is 12.1 Å². The van der Waals surface area contributed by atoms with E-state index in [-0.39, 0.29) is 24.9 Å². The van der Waals surface area contributed by atoms with E-state index in [2.05, 4.69) is 44.7 Å². The van der Waals surface area contributed by atoms with Crippen molar-refractivity contribution >= 4 is 18.3 Å². The van der Waals surface area contributed by atoms with Crippen LogP contribution in [-0.2, 0) is 15.9 Å². The molecule has 2 saturated heterocycles. The maximum atomic E-state index is 9.74. The van der Waals surface area contributed by atoms with Gasteiger partial charge in [-0.3, -0.25) is 0 Å². The Bertz CT molecular complexity index is 537. The Balaban J connectivity index is 1.87. The topological polar surface area (TPSA) is 41.9 Å². The molecule has 2 fully saturated rings. The molecule has 120 valence electrons. The van der Waals surface area contributed by atoms with E-state index in [1.165, 1.54) is 12.8 Å². The average Bonchev–Trinajstić information content (AvgIpc) is 3.05. The van der Waals surface area contributed by atoms with Crippen molar-refractivity contribution in [3.8, 4) is 0 Å². The average molecular weight is 303 g/mol. The first-order chi connectivity index (χ1) is 10.3. The van der Waals surface area contributed by atoms with E-state index in [9.17, 15) is 5.11 Å². The molecule has 0 aromatic heterocycles. The van der Waals surface area contributed by atoms with Crippen molar-refractivity contribution < 1.29 is 14.4 Å². The predicted octanol–water partition coefficient (Wildman–Crippen LogP) is 2.08. The molecule has 0 spiro atoms. The Morgan fingerprint density at radius 1 is 1.09 bits per heavy atom. The monoisotopic (exact) mass is 303 g/mol. The van der Waals surface area contributed by atoms with Crippen LogP contribution in [0, 0.1) is 0 Å². The fourth-order valence-electron chi connectivity index (χ4n) is 3.12. The maximum absolute atomic E-state index is 9.74. The highest BCUT2D eigenvalue weighted by Gasteiger charge is 2.51. The lowest BCUT2D eigenvalue weighted by Gasteiger charge is -2.32. The SMILES string of the molecule is CC1(C)OB(c2ccc(N3CCCC3)c(CO)c2)OC1(C)C. The van der Waals surface area contributed by atoms with Gasteiger partial charge in [0.05, 0.1) is 17.8 Å². The Kier molecular flexibility index (Phi) is 4.00. The van der Waals surface area contributed by atoms with Gasteiger partial charge in [0.1, 0.15) is 0 Å². The molecule has 0 bridgehead atoms. The minimum atomic E-state index is -0.372. The lowest BCUT2D eigenvalue weighted by molar-refractivity contribution is 0.00578. The molecule has 0 saturated carbocycles. The van der Waals surface area contributed by atoms with Crippen LogP contribution >= 0.6 is 0 Å². The first-order valence-corrected chi connectivity index (χ1v) is 8.18. The van der Waals surface area contributed by atoms with Gasteiger partial charge in [-0.15, -0.1) is 0 Å². The highest BCUT2D eigenvalue weighted by molar-refractivity contribution is 6.62. The molecular weight excluding hydrogens is 277 g/mol. The second kappa shape index (κ2) is 5.55. The zero-order valence-corrected chi connectivity index (χ0v) is 14.1. The molecule has 2 heterocycles. The smallest absolute Gasteiger partial charge is 0.399 e. The van der Waals surface area contributed by atoms with Crippen LogP contribution in [0.4, 0.5) is 5.69 Å². The molecule has 1 aromatic carbocycles. The summed E-state index contributed by atoms with van der Waals surface area (Å²) in [5.74, 6) is 0. The van der Waals surface area contributed by atoms with Gasteiger partial charge in [0.15, 0.2) is 0 Å². The van der Waals surface area contributed by atoms with E-state index in [0.717, 1.165) is 29.8 Å². The van der Waals surface area contributed by atoms with E-state index in [0.29, 0.717) is 0 Å². The molecule has 3 rings (SSSR count). The van der Waals surface area contributed by atoms with E-state index < -0.39 is 0 Å². The molecule has 0 radical (unpaired) electrons. The summed E-state index contributed by atoms with van der Waals surface area (Å²) in [6.45, 7) is 10.4. The Hall–Kier alpha value is -1.04. The standard InChI is InChI=1S/C17H26BNO3/c1-16(2)17(3,4)22-18(21-16)14-7-8-15(13(11-14)12-20)19-9-5-6-10-19/h7-8,11,20H,5-6,9-10,12H2,1-4H3. The first-order valence-electron chi connectivity index (χ1n) is 8.18. The predicted molar refractivity (Wildman–Crippen MR) is 89.5 cm³/mol. The Morgan fingerprint density at radius 2 is 1.68 bits per heavy atom. The van der Waals surface area contributed by atoms with E-state index in [1.807, 2.05) is 6.07 Å². The molecule has 0 unspecified atom stereocenters. The minimum Gasteiger partial charge on any atom is -0.399 e.